The first-order chi connectivity index (χ1) is 17.7. The molecule has 0 aliphatic heterocycles. The number of hydrogen-bond donors (Lipinski definition) is 0. The standard InChI is InChI=1S/C28H22ClF4NO3/c1-2-36-27(35)18-6-3-7-21(14-18)34-13-5-8-22(34)16-23-24(28(31,32)33)9-4-10-26(23)37-17-19-11-12-20(30)15-25(19)29/h3-15H,2,16-17H2,1H3. The van der Waals surface area contributed by atoms with Crippen LogP contribution in [-0.4, -0.2) is 17.1 Å². The van der Waals surface area contributed by atoms with E-state index >= 15 is 0 Å². The molecule has 0 unspecified atom stereocenters. The van der Waals surface area contributed by atoms with Crippen LogP contribution in [0, 0.1) is 5.82 Å². The van der Waals surface area contributed by atoms with Crippen LogP contribution in [0.4, 0.5) is 17.6 Å². The Morgan fingerprint density at radius 2 is 1.78 bits per heavy atom. The van der Waals surface area contributed by atoms with Crippen LogP contribution in [0.2, 0.25) is 5.02 Å². The number of hydrogen-bond acceptors (Lipinski definition) is 3. The van der Waals surface area contributed by atoms with Gasteiger partial charge in [-0.3, -0.25) is 0 Å². The lowest BCUT2D eigenvalue weighted by Crippen LogP contribution is -2.13. The molecule has 0 N–H and O–H groups in total. The molecule has 0 aliphatic carbocycles. The average Bonchev–Trinajstić information content (AvgIpc) is 3.32. The maximum absolute atomic E-state index is 14.0. The highest BCUT2D eigenvalue weighted by molar-refractivity contribution is 6.31. The largest absolute Gasteiger partial charge is 0.489 e. The number of esters is 1. The molecular formula is C28H22ClF4NO3. The first-order valence-electron chi connectivity index (χ1n) is 11.4. The summed E-state index contributed by atoms with van der Waals surface area (Å²) < 4.78 is 67.9. The Morgan fingerprint density at radius 3 is 2.51 bits per heavy atom. The molecule has 0 fully saturated rings. The van der Waals surface area contributed by atoms with Crippen molar-refractivity contribution in [3.8, 4) is 11.4 Å². The molecule has 9 heteroatoms. The van der Waals surface area contributed by atoms with Gasteiger partial charge in [-0.15, -0.1) is 0 Å². The van der Waals surface area contributed by atoms with E-state index in [-0.39, 0.29) is 36.0 Å². The van der Waals surface area contributed by atoms with Gasteiger partial charge in [-0.05, 0) is 61.5 Å². The van der Waals surface area contributed by atoms with E-state index in [0.29, 0.717) is 22.5 Å². The van der Waals surface area contributed by atoms with Gasteiger partial charge in [-0.25, -0.2) is 9.18 Å². The van der Waals surface area contributed by atoms with E-state index < -0.39 is 23.5 Å². The van der Waals surface area contributed by atoms with Crippen LogP contribution in [0.25, 0.3) is 5.69 Å². The van der Waals surface area contributed by atoms with Crippen LogP contribution in [0.15, 0.2) is 79.0 Å². The number of ether oxygens (including phenoxy) is 2. The predicted molar refractivity (Wildman–Crippen MR) is 132 cm³/mol. The van der Waals surface area contributed by atoms with Gasteiger partial charge < -0.3 is 14.0 Å². The van der Waals surface area contributed by atoms with E-state index in [1.165, 1.54) is 24.3 Å². The molecule has 0 aliphatic rings. The van der Waals surface area contributed by atoms with Crippen molar-refractivity contribution in [1.82, 2.24) is 4.57 Å². The summed E-state index contributed by atoms with van der Waals surface area (Å²) in [5.74, 6) is -0.986. The fourth-order valence-electron chi connectivity index (χ4n) is 3.93. The molecule has 3 aromatic carbocycles. The summed E-state index contributed by atoms with van der Waals surface area (Å²) in [5.41, 5.74) is 1.01. The molecule has 1 aromatic heterocycles. The van der Waals surface area contributed by atoms with Crippen LogP contribution in [0.5, 0.6) is 5.75 Å². The number of nitrogens with zero attached hydrogens (tertiary/aromatic N) is 1. The van der Waals surface area contributed by atoms with Crippen LogP contribution >= 0.6 is 11.6 Å². The zero-order valence-electron chi connectivity index (χ0n) is 19.7. The first-order valence-corrected chi connectivity index (χ1v) is 11.7. The lowest BCUT2D eigenvalue weighted by molar-refractivity contribution is -0.138. The van der Waals surface area contributed by atoms with Crippen molar-refractivity contribution >= 4 is 17.6 Å². The van der Waals surface area contributed by atoms with Gasteiger partial charge in [-0.1, -0.05) is 29.8 Å². The summed E-state index contributed by atoms with van der Waals surface area (Å²) in [6, 6.07) is 17.5. The zero-order chi connectivity index (χ0) is 26.6. The molecular weight excluding hydrogens is 510 g/mol. The molecule has 4 nitrogen and oxygen atoms in total. The third-order valence-electron chi connectivity index (χ3n) is 5.66. The van der Waals surface area contributed by atoms with E-state index in [2.05, 4.69) is 0 Å². The van der Waals surface area contributed by atoms with Crippen molar-refractivity contribution in [1.29, 1.82) is 0 Å². The highest BCUT2D eigenvalue weighted by Gasteiger charge is 2.35. The average molecular weight is 532 g/mol. The summed E-state index contributed by atoms with van der Waals surface area (Å²) in [4.78, 5) is 12.2. The fraction of sp³-hybridized carbons (Fsp3) is 0.179. The quantitative estimate of drug-likeness (QED) is 0.173. The molecule has 0 radical (unpaired) electrons. The minimum atomic E-state index is -4.62. The molecule has 4 rings (SSSR count). The summed E-state index contributed by atoms with van der Waals surface area (Å²) in [7, 11) is 0. The molecule has 0 saturated heterocycles. The third kappa shape index (κ3) is 6.14. The van der Waals surface area contributed by atoms with Crippen LogP contribution in [0.3, 0.4) is 0 Å². The highest BCUT2D eigenvalue weighted by atomic mass is 35.5. The summed E-state index contributed by atoms with van der Waals surface area (Å²) >= 11 is 6.06. The molecule has 4 aromatic rings. The number of benzene rings is 3. The normalized spacial score (nSPS) is 11.4. The number of rotatable bonds is 8. The molecule has 0 saturated carbocycles. The van der Waals surface area contributed by atoms with Crippen LogP contribution in [0.1, 0.15) is 39.7 Å². The maximum Gasteiger partial charge on any atom is 0.416 e. The zero-order valence-corrected chi connectivity index (χ0v) is 20.4. The summed E-state index contributed by atoms with van der Waals surface area (Å²) in [6.45, 7) is 1.78. The molecule has 192 valence electrons. The number of carbonyl (C=O) groups excluding carboxylic acids is 1. The van der Waals surface area contributed by atoms with Gasteiger partial charge in [0, 0.05) is 35.1 Å². The Morgan fingerprint density at radius 1 is 1.00 bits per heavy atom. The predicted octanol–water partition coefficient (Wildman–Crippen LogP) is 7.64. The second-order valence-electron chi connectivity index (χ2n) is 8.12. The molecule has 0 spiro atoms. The van der Waals surface area contributed by atoms with Gasteiger partial charge in [0.2, 0.25) is 0 Å². The summed E-state index contributed by atoms with van der Waals surface area (Å²) in [5, 5.41) is 0.115. The Kier molecular flexibility index (Phi) is 7.88. The smallest absolute Gasteiger partial charge is 0.416 e. The van der Waals surface area contributed by atoms with Crippen molar-refractivity contribution in [3.05, 3.63) is 118 Å². The SMILES string of the molecule is CCOC(=O)c1cccc(-n2cccc2Cc2c(OCc3ccc(F)cc3Cl)cccc2C(F)(F)F)c1. The fourth-order valence-corrected chi connectivity index (χ4v) is 4.16. The van der Waals surface area contributed by atoms with Crippen molar-refractivity contribution in [2.75, 3.05) is 6.61 Å². The topological polar surface area (TPSA) is 40.5 Å². The minimum absolute atomic E-state index is 0.0308. The van der Waals surface area contributed by atoms with Crippen LogP contribution < -0.4 is 4.74 Å². The van der Waals surface area contributed by atoms with Gasteiger partial charge in [0.05, 0.1) is 22.8 Å². The highest BCUT2D eigenvalue weighted by Crippen LogP contribution is 2.38. The minimum Gasteiger partial charge on any atom is -0.489 e. The van der Waals surface area contributed by atoms with Crippen molar-refractivity contribution in [2.24, 2.45) is 0 Å². The van der Waals surface area contributed by atoms with E-state index in [9.17, 15) is 22.4 Å². The van der Waals surface area contributed by atoms with Gasteiger partial charge in [0.1, 0.15) is 18.2 Å². The van der Waals surface area contributed by atoms with E-state index in [1.54, 1.807) is 54.1 Å². The first kappa shape index (κ1) is 26.3. The van der Waals surface area contributed by atoms with Crippen molar-refractivity contribution in [3.63, 3.8) is 0 Å². The second kappa shape index (κ2) is 11.1. The molecule has 0 bridgehead atoms. The number of carbonyl (C=O) groups is 1. The van der Waals surface area contributed by atoms with Gasteiger partial charge in [0.25, 0.3) is 0 Å². The van der Waals surface area contributed by atoms with E-state index in [1.807, 2.05) is 0 Å². The third-order valence-corrected chi connectivity index (χ3v) is 6.02. The molecule has 37 heavy (non-hydrogen) atoms. The molecule has 1 heterocycles. The second-order valence-corrected chi connectivity index (χ2v) is 8.53. The Hall–Kier alpha value is -3.78. The Balaban J connectivity index is 1.69. The number of alkyl halides is 3. The van der Waals surface area contributed by atoms with Gasteiger partial charge in [-0.2, -0.15) is 13.2 Å². The molecule has 0 amide bonds. The van der Waals surface area contributed by atoms with Gasteiger partial charge in [0.15, 0.2) is 0 Å². The van der Waals surface area contributed by atoms with Crippen LogP contribution in [-0.2, 0) is 23.9 Å². The number of halogens is 5. The lowest BCUT2D eigenvalue weighted by atomic mass is 10.0. The lowest BCUT2D eigenvalue weighted by Gasteiger charge is -2.19. The maximum atomic E-state index is 14.0. The van der Waals surface area contributed by atoms with Crippen molar-refractivity contribution in [2.45, 2.75) is 26.1 Å². The number of aromatic nitrogens is 1. The van der Waals surface area contributed by atoms with E-state index in [4.69, 9.17) is 21.1 Å². The summed E-state index contributed by atoms with van der Waals surface area (Å²) in [6.07, 6.45) is -3.03. The molecule has 0 atom stereocenters. The van der Waals surface area contributed by atoms with Crippen molar-refractivity contribution < 1.29 is 31.8 Å². The van der Waals surface area contributed by atoms with Gasteiger partial charge >= 0.3 is 12.1 Å². The Bertz CT molecular complexity index is 1410. The van der Waals surface area contributed by atoms with E-state index in [0.717, 1.165) is 12.1 Å². The monoisotopic (exact) mass is 531 g/mol. The Labute approximate surface area is 216 Å².